The highest BCUT2D eigenvalue weighted by atomic mass is 15.1. The third-order valence-corrected chi connectivity index (χ3v) is 2.27. The van der Waals surface area contributed by atoms with E-state index >= 15 is 0 Å². The van der Waals surface area contributed by atoms with Gasteiger partial charge in [-0.2, -0.15) is 0 Å². The topological polar surface area (TPSA) is 21.1 Å². The lowest BCUT2D eigenvalue weighted by atomic mass is 10.2. The Morgan fingerprint density at radius 2 is 2.24 bits per heavy atom. The molecule has 0 aromatic carbocycles. The standard InChI is InChI=1S/C14H21N3/c1-5-6-7-8-13(2)11-17-10-9-15-14(17)12-16(3)4/h5-10H,2,11-12H2,1,3-4H3/b6-5-,8-7-. The van der Waals surface area contributed by atoms with E-state index in [0.29, 0.717) is 0 Å². The van der Waals surface area contributed by atoms with Crippen molar-refractivity contribution in [1.82, 2.24) is 14.5 Å². The molecule has 0 aliphatic carbocycles. The van der Waals surface area contributed by atoms with Gasteiger partial charge in [-0.1, -0.05) is 30.9 Å². The van der Waals surface area contributed by atoms with Crippen LogP contribution in [0.4, 0.5) is 0 Å². The summed E-state index contributed by atoms with van der Waals surface area (Å²) in [5.74, 6) is 1.07. The van der Waals surface area contributed by atoms with Crippen LogP contribution in [0.1, 0.15) is 12.7 Å². The van der Waals surface area contributed by atoms with Crippen LogP contribution in [0.2, 0.25) is 0 Å². The van der Waals surface area contributed by atoms with Gasteiger partial charge in [0.25, 0.3) is 0 Å². The Morgan fingerprint density at radius 3 is 2.88 bits per heavy atom. The predicted molar refractivity (Wildman–Crippen MR) is 72.7 cm³/mol. The van der Waals surface area contributed by atoms with Crippen molar-refractivity contribution >= 4 is 0 Å². The minimum Gasteiger partial charge on any atom is -0.329 e. The van der Waals surface area contributed by atoms with E-state index in [9.17, 15) is 0 Å². The number of hydrogen-bond donors (Lipinski definition) is 0. The summed E-state index contributed by atoms with van der Waals surface area (Å²) in [7, 11) is 4.08. The smallest absolute Gasteiger partial charge is 0.123 e. The second kappa shape index (κ2) is 6.86. The number of hydrogen-bond acceptors (Lipinski definition) is 2. The zero-order valence-electron chi connectivity index (χ0n) is 10.9. The zero-order valence-corrected chi connectivity index (χ0v) is 10.9. The Kier molecular flexibility index (Phi) is 5.43. The van der Waals surface area contributed by atoms with Crippen LogP contribution in [0.15, 0.2) is 48.8 Å². The highest BCUT2D eigenvalue weighted by Gasteiger charge is 2.03. The zero-order chi connectivity index (χ0) is 12.7. The number of imidazole rings is 1. The van der Waals surface area contributed by atoms with E-state index < -0.39 is 0 Å². The van der Waals surface area contributed by atoms with Gasteiger partial charge in [-0.15, -0.1) is 0 Å². The first kappa shape index (κ1) is 13.5. The molecule has 0 saturated heterocycles. The summed E-state index contributed by atoms with van der Waals surface area (Å²) in [6.07, 6.45) is 11.9. The molecule has 3 nitrogen and oxygen atoms in total. The van der Waals surface area contributed by atoms with Crippen LogP contribution in [0.3, 0.4) is 0 Å². The van der Waals surface area contributed by atoms with Crippen molar-refractivity contribution < 1.29 is 0 Å². The normalized spacial score (nSPS) is 12.0. The predicted octanol–water partition coefficient (Wildman–Crippen LogP) is 2.63. The van der Waals surface area contributed by atoms with Crippen LogP contribution in [0, 0.1) is 0 Å². The molecule has 1 heterocycles. The molecule has 0 aliphatic heterocycles. The Labute approximate surface area is 104 Å². The molecule has 0 bridgehead atoms. The van der Waals surface area contributed by atoms with E-state index in [4.69, 9.17) is 0 Å². The first-order valence-electron chi connectivity index (χ1n) is 5.75. The van der Waals surface area contributed by atoms with Gasteiger partial charge in [0.05, 0.1) is 6.54 Å². The van der Waals surface area contributed by atoms with Gasteiger partial charge >= 0.3 is 0 Å². The molecule has 0 N–H and O–H groups in total. The summed E-state index contributed by atoms with van der Waals surface area (Å²) in [6.45, 7) is 7.67. The molecule has 17 heavy (non-hydrogen) atoms. The summed E-state index contributed by atoms with van der Waals surface area (Å²) in [4.78, 5) is 6.46. The van der Waals surface area contributed by atoms with Crippen LogP contribution in [0.5, 0.6) is 0 Å². The van der Waals surface area contributed by atoms with E-state index in [1.165, 1.54) is 0 Å². The van der Waals surface area contributed by atoms with E-state index in [1.807, 2.05) is 57.7 Å². The number of nitrogens with zero attached hydrogens (tertiary/aromatic N) is 3. The Morgan fingerprint density at radius 1 is 1.47 bits per heavy atom. The van der Waals surface area contributed by atoms with Crippen molar-refractivity contribution in [3.63, 3.8) is 0 Å². The maximum absolute atomic E-state index is 4.35. The van der Waals surface area contributed by atoms with Crippen molar-refractivity contribution in [2.45, 2.75) is 20.0 Å². The van der Waals surface area contributed by atoms with Crippen LogP contribution in [-0.4, -0.2) is 28.5 Å². The van der Waals surface area contributed by atoms with E-state index in [-0.39, 0.29) is 0 Å². The largest absolute Gasteiger partial charge is 0.329 e. The first-order chi connectivity index (χ1) is 8.13. The Bertz CT molecular complexity index is 411. The second-order valence-corrected chi connectivity index (χ2v) is 4.25. The van der Waals surface area contributed by atoms with Crippen LogP contribution < -0.4 is 0 Å². The first-order valence-corrected chi connectivity index (χ1v) is 5.75. The van der Waals surface area contributed by atoms with E-state index in [2.05, 4.69) is 21.0 Å². The molecular formula is C14H21N3. The molecule has 0 fully saturated rings. The molecule has 3 heteroatoms. The van der Waals surface area contributed by atoms with Crippen molar-refractivity contribution in [2.24, 2.45) is 0 Å². The molecule has 0 spiro atoms. The van der Waals surface area contributed by atoms with Gasteiger partial charge in [0.15, 0.2) is 0 Å². The second-order valence-electron chi connectivity index (χ2n) is 4.25. The molecule has 0 atom stereocenters. The molecule has 0 saturated carbocycles. The summed E-state index contributed by atoms with van der Waals surface area (Å²) < 4.78 is 2.13. The summed E-state index contributed by atoms with van der Waals surface area (Å²) >= 11 is 0. The van der Waals surface area contributed by atoms with Crippen molar-refractivity contribution in [3.8, 4) is 0 Å². The van der Waals surface area contributed by atoms with Gasteiger partial charge in [0, 0.05) is 18.9 Å². The van der Waals surface area contributed by atoms with Gasteiger partial charge in [-0.25, -0.2) is 4.98 Å². The van der Waals surface area contributed by atoms with Crippen LogP contribution in [-0.2, 0) is 13.1 Å². The molecule has 1 aromatic heterocycles. The van der Waals surface area contributed by atoms with Crippen molar-refractivity contribution in [2.75, 3.05) is 14.1 Å². The summed E-state index contributed by atoms with van der Waals surface area (Å²) in [5.41, 5.74) is 1.07. The third kappa shape index (κ3) is 4.83. The molecule has 1 aromatic rings. The fourth-order valence-electron chi connectivity index (χ4n) is 1.49. The maximum Gasteiger partial charge on any atom is 0.123 e. The van der Waals surface area contributed by atoms with E-state index in [1.54, 1.807) is 0 Å². The molecular weight excluding hydrogens is 210 g/mol. The van der Waals surface area contributed by atoms with Gasteiger partial charge in [-0.3, -0.25) is 0 Å². The minimum atomic E-state index is 0.789. The van der Waals surface area contributed by atoms with Crippen LogP contribution in [0.25, 0.3) is 0 Å². The fraction of sp³-hybridized carbons (Fsp3) is 0.357. The minimum absolute atomic E-state index is 0.789. The van der Waals surface area contributed by atoms with Crippen LogP contribution >= 0.6 is 0 Å². The fourth-order valence-corrected chi connectivity index (χ4v) is 1.49. The number of rotatable bonds is 6. The van der Waals surface area contributed by atoms with Gasteiger partial charge in [0.2, 0.25) is 0 Å². The van der Waals surface area contributed by atoms with Gasteiger partial charge in [-0.05, 0) is 26.6 Å². The lowest BCUT2D eigenvalue weighted by molar-refractivity contribution is 0.382. The van der Waals surface area contributed by atoms with Crippen molar-refractivity contribution in [1.29, 1.82) is 0 Å². The quantitative estimate of drug-likeness (QED) is 0.702. The lowest BCUT2D eigenvalue weighted by Crippen LogP contribution is -2.15. The molecule has 92 valence electrons. The third-order valence-electron chi connectivity index (χ3n) is 2.27. The Balaban J connectivity index is 2.62. The average Bonchev–Trinajstić information content (AvgIpc) is 2.65. The summed E-state index contributed by atoms with van der Waals surface area (Å²) in [5, 5.41) is 0. The number of aromatic nitrogens is 2. The highest BCUT2D eigenvalue weighted by Crippen LogP contribution is 2.05. The SMILES string of the molecule is C=C(/C=C\C=C/C)Cn1ccnc1CN(C)C. The molecule has 0 amide bonds. The molecule has 1 rings (SSSR count). The molecule has 0 aliphatic rings. The van der Waals surface area contributed by atoms with E-state index in [0.717, 1.165) is 24.5 Å². The molecule has 0 radical (unpaired) electrons. The number of allylic oxidation sites excluding steroid dienone is 5. The van der Waals surface area contributed by atoms with Gasteiger partial charge < -0.3 is 9.47 Å². The summed E-state index contributed by atoms with van der Waals surface area (Å²) in [6, 6.07) is 0. The highest BCUT2D eigenvalue weighted by molar-refractivity contribution is 5.19. The Hall–Kier alpha value is -1.61. The maximum atomic E-state index is 4.35. The average molecular weight is 231 g/mol. The van der Waals surface area contributed by atoms with Gasteiger partial charge in [0.1, 0.15) is 5.82 Å². The lowest BCUT2D eigenvalue weighted by Gasteiger charge is -2.12. The van der Waals surface area contributed by atoms with Crippen molar-refractivity contribution in [3.05, 3.63) is 54.7 Å². The monoisotopic (exact) mass is 231 g/mol. The molecule has 0 unspecified atom stereocenters.